The molecule has 2 rings (SSSR count). The summed E-state index contributed by atoms with van der Waals surface area (Å²) in [5.41, 5.74) is 0.310. The molecule has 0 aliphatic carbocycles. The smallest absolute Gasteiger partial charge is 0.263 e. The fraction of sp³-hybridized carbons (Fsp3) is 0.333. The third-order valence-corrected chi connectivity index (χ3v) is 3.99. The number of nitriles is 1. The topological polar surface area (TPSA) is 111 Å². The van der Waals surface area contributed by atoms with Crippen LogP contribution in [0, 0.1) is 17.2 Å². The molecule has 2 heterocycles. The highest BCUT2D eigenvalue weighted by Gasteiger charge is 2.24. The van der Waals surface area contributed by atoms with Crippen molar-refractivity contribution in [2.45, 2.75) is 26.3 Å². The number of rotatable bonds is 6. The van der Waals surface area contributed by atoms with Crippen molar-refractivity contribution in [1.82, 2.24) is 15.5 Å². The third-order valence-electron chi connectivity index (χ3n) is 3.08. The number of nitrogens with zero attached hydrogens (tertiary/aromatic N) is 2. The number of H-pyrrole nitrogens is 1. The minimum atomic E-state index is -0.695. The van der Waals surface area contributed by atoms with E-state index in [0.29, 0.717) is 22.7 Å². The predicted molar refractivity (Wildman–Crippen MR) is 87.0 cm³/mol. The molecule has 0 aliphatic heterocycles. The Morgan fingerprint density at radius 1 is 1.43 bits per heavy atom. The van der Waals surface area contributed by atoms with Crippen molar-refractivity contribution in [1.29, 1.82) is 5.26 Å². The molecule has 8 heteroatoms. The van der Waals surface area contributed by atoms with Gasteiger partial charge in [0.1, 0.15) is 22.8 Å². The largest absolute Gasteiger partial charge is 0.339 e. The van der Waals surface area contributed by atoms with Gasteiger partial charge in [0, 0.05) is 6.07 Å². The van der Waals surface area contributed by atoms with Crippen LogP contribution in [0.2, 0.25) is 0 Å². The van der Waals surface area contributed by atoms with Crippen LogP contribution in [0.25, 0.3) is 0 Å². The molecule has 0 spiro atoms. The lowest BCUT2D eigenvalue weighted by molar-refractivity contribution is -0.118. The summed E-state index contributed by atoms with van der Waals surface area (Å²) >= 11 is 1.18. The normalized spacial score (nSPS) is 11.7. The summed E-state index contributed by atoms with van der Waals surface area (Å²) in [4.78, 5) is 25.0. The Kier molecular flexibility index (Phi) is 5.49. The van der Waals surface area contributed by atoms with Gasteiger partial charge in [-0.2, -0.15) is 10.4 Å². The molecule has 0 aliphatic rings. The van der Waals surface area contributed by atoms with E-state index in [1.54, 1.807) is 17.5 Å². The number of aromatic nitrogens is 2. The van der Waals surface area contributed by atoms with Gasteiger partial charge >= 0.3 is 0 Å². The molecular formula is C15H17N5O2S. The van der Waals surface area contributed by atoms with Gasteiger partial charge in [0.2, 0.25) is 5.91 Å². The van der Waals surface area contributed by atoms with Crippen LogP contribution in [-0.2, 0) is 4.79 Å². The van der Waals surface area contributed by atoms with Gasteiger partial charge < -0.3 is 10.6 Å². The monoisotopic (exact) mass is 331 g/mol. The van der Waals surface area contributed by atoms with Gasteiger partial charge in [-0.1, -0.05) is 13.8 Å². The first-order valence-electron chi connectivity index (χ1n) is 7.10. The maximum atomic E-state index is 12.4. The molecule has 0 fully saturated rings. The molecule has 7 nitrogen and oxygen atoms in total. The summed E-state index contributed by atoms with van der Waals surface area (Å²) in [7, 11) is 0. The third kappa shape index (κ3) is 4.40. The van der Waals surface area contributed by atoms with Gasteiger partial charge in [0.15, 0.2) is 0 Å². The Labute approximate surface area is 137 Å². The zero-order valence-corrected chi connectivity index (χ0v) is 13.6. The summed E-state index contributed by atoms with van der Waals surface area (Å²) in [6.07, 6.45) is 2.01. The molecule has 0 saturated carbocycles. The number of nitrogens with one attached hydrogen (secondary N) is 3. The van der Waals surface area contributed by atoms with E-state index < -0.39 is 11.9 Å². The van der Waals surface area contributed by atoms with Crippen LogP contribution < -0.4 is 10.6 Å². The first-order valence-corrected chi connectivity index (χ1v) is 7.98. The van der Waals surface area contributed by atoms with Crippen LogP contribution in [0.5, 0.6) is 0 Å². The molecule has 23 heavy (non-hydrogen) atoms. The van der Waals surface area contributed by atoms with Gasteiger partial charge in [0.25, 0.3) is 5.91 Å². The highest BCUT2D eigenvalue weighted by Crippen LogP contribution is 2.17. The lowest BCUT2D eigenvalue weighted by atomic mass is 10.0. The second-order valence-electron chi connectivity index (χ2n) is 5.39. The maximum Gasteiger partial charge on any atom is 0.263 e. The molecule has 2 aromatic heterocycles. The van der Waals surface area contributed by atoms with Crippen molar-refractivity contribution < 1.29 is 9.59 Å². The zero-order chi connectivity index (χ0) is 16.8. The Hall–Kier alpha value is -2.66. The lowest BCUT2D eigenvalue weighted by Crippen LogP contribution is -2.44. The fourth-order valence-electron chi connectivity index (χ4n) is 2.05. The molecule has 3 N–H and O–H groups in total. The molecule has 2 amide bonds. The molecule has 0 aromatic carbocycles. The van der Waals surface area contributed by atoms with E-state index in [2.05, 4.69) is 20.8 Å². The van der Waals surface area contributed by atoms with E-state index in [1.807, 2.05) is 19.9 Å². The molecule has 2 aromatic rings. The molecule has 120 valence electrons. The number of carbonyl (C=O) groups is 2. The number of thiophene rings is 1. The Morgan fingerprint density at radius 2 is 2.22 bits per heavy atom. The quantitative estimate of drug-likeness (QED) is 0.753. The minimum Gasteiger partial charge on any atom is -0.339 e. The Bertz CT molecular complexity index is 715. The average molecular weight is 331 g/mol. The van der Waals surface area contributed by atoms with Crippen molar-refractivity contribution in [3.63, 3.8) is 0 Å². The van der Waals surface area contributed by atoms with E-state index in [4.69, 9.17) is 5.26 Å². The molecule has 0 saturated heterocycles. The van der Waals surface area contributed by atoms with E-state index in [9.17, 15) is 9.59 Å². The van der Waals surface area contributed by atoms with Crippen molar-refractivity contribution in [2.75, 3.05) is 5.32 Å². The standard InChI is InChI=1S/C15H17N5O2S/c1-9(2)7-11(14(21)19-12-3-5-17-20-12)18-15(22)13-10(8-16)4-6-23-13/h3-6,9,11H,7H2,1-2H3,(H,18,22)(H2,17,19,20,21)/t11-/m0/s1. The minimum absolute atomic E-state index is 0.214. The average Bonchev–Trinajstić information content (AvgIpc) is 3.16. The van der Waals surface area contributed by atoms with Crippen molar-refractivity contribution in [2.24, 2.45) is 5.92 Å². The second kappa shape index (κ2) is 7.56. The lowest BCUT2D eigenvalue weighted by Gasteiger charge is -2.19. The molecular weight excluding hydrogens is 314 g/mol. The number of hydrogen-bond acceptors (Lipinski definition) is 5. The number of anilines is 1. The SMILES string of the molecule is CC(C)C[C@H](NC(=O)c1sccc1C#N)C(=O)Nc1ccn[nH]1. The van der Waals surface area contributed by atoms with E-state index in [1.165, 1.54) is 17.5 Å². The van der Waals surface area contributed by atoms with Crippen LogP contribution in [0.3, 0.4) is 0 Å². The van der Waals surface area contributed by atoms with Gasteiger partial charge in [-0.05, 0) is 23.8 Å². The Balaban J connectivity index is 2.10. The molecule has 1 atom stereocenters. The molecule has 0 unspecified atom stereocenters. The van der Waals surface area contributed by atoms with Gasteiger partial charge in [-0.15, -0.1) is 11.3 Å². The summed E-state index contributed by atoms with van der Waals surface area (Å²) in [6.45, 7) is 3.93. The highest BCUT2D eigenvalue weighted by atomic mass is 32.1. The summed E-state index contributed by atoms with van der Waals surface area (Å²) in [5, 5.41) is 22.5. The van der Waals surface area contributed by atoms with Crippen molar-refractivity contribution in [3.05, 3.63) is 34.2 Å². The summed E-state index contributed by atoms with van der Waals surface area (Å²) < 4.78 is 0. The van der Waals surface area contributed by atoms with Crippen molar-refractivity contribution in [3.8, 4) is 6.07 Å². The van der Waals surface area contributed by atoms with Crippen LogP contribution in [-0.4, -0.2) is 28.1 Å². The van der Waals surface area contributed by atoms with E-state index in [0.717, 1.165) is 0 Å². The summed E-state index contributed by atoms with van der Waals surface area (Å²) in [5.74, 6) is -0.0632. The number of aromatic amines is 1. The van der Waals surface area contributed by atoms with Crippen LogP contribution in [0.15, 0.2) is 23.7 Å². The van der Waals surface area contributed by atoms with E-state index in [-0.39, 0.29) is 11.8 Å². The van der Waals surface area contributed by atoms with Crippen LogP contribution in [0.1, 0.15) is 35.5 Å². The Morgan fingerprint density at radius 3 is 2.83 bits per heavy atom. The number of carbonyl (C=O) groups excluding carboxylic acids is 2. The fourth-order valence-corrected chi connectivity index (χ4v) is 2.79. The molecule has 0 radical (unpaired) electrons. The second-order valence-corrected chi connectivity index (χ2v) is 6.31. The highest BCUT2D eigenvalue weighted by molar-refractivity contribution is 7.12. The van der Waals surface area contributed by atoms with Gasteiger partial charge in [-0.3, -0.25) is 14.7 Å². The maximum absolute atomic E-state index is 12.4. The first kappa shape index (κ1) is 16.7. The van der Waals surface area contributed by atoms with Crippen molar-refractivity contribution >= 4 is 29.0 Å². The number of amides is 2. The number of hydrogen-bond donors (Lipinski definition) is 3. The van der Waals surface area contributed by atoms with Crippen LogP contribution >= 0.6 is 11.3 Å². The summed E-state index contributed by atoms with van der Waals surface area (Å²) in [6, 6.07) is 4.49. The van der Waals surface area contributed by atoms with E-state index >= 15 is 0 Å². The molecule has 0 bridgehead atoms. The van der Waals surface area contributed by atoms with Gasteiger partial charge in [-0.25, -0.2) is 0 Å². The van der Waals surface area contributed by atoms with Gasteiger partial charge in [0.05, 0.1) is 11.8 Å². The van der Waals surface area contributed by atoms with Crippen LogP contribution in [0.4, 0.5) is 5.82 Å². The first-order chi connectivity index (χ1) is 11.0. The predicted octanol–water partition coefficient (Wildman–Crippen LogP) is 2.13. The zero-order valence-electron chi connectivity index (χ0n) is 12.8.